The lowest BCUT2D eigenvalue weighted by Crippen LogP contribution is -2.30. The van der Waals surface area contributed by atoms with Crippen molar-refractivity contribution in [3.05, 3.63) is 30.3 Å². The summed E-state index contributed by atoms with van der Waals surface area (Å²) in [6.45, 7) is 2.64. The average Bonchev–Trinajstić information content (AvgIpc) is 2.35. The molecule has 0 aliphatic heterocycles. The third kappa shape index (κ3) is 6.59. The van der Waals surface area contributed by atoms with Crippen LogP contribution in [0.25, 0.3) is 0 Å². The molecule has 1 aromatic carbocycles. The molecule has 1 rings (SSSR count). The second-order valence-corrected chi connectivity index (χ2v) is 5.46. The predicted molar refractivity (Wildman–Crippen MR) is 74.7 cm³/mol. The molecule has 0 bridgehead atoms. The Morgan fingerprint density at radius 3 is 2.76 bits per heavy atom. The van der Waals surface area contributed by atoms with Gasteiger partial charge in [0.05, 0.1) is 11.1 Å². The molecule has 0 spiro atoms. The molecule has 94 valence electrons. The van der Waals surface area contributed by atoms with Gasteiger partial charge in [0.2, 0.25) is 5.91 Å². The van der Waals surface area contributed by atoms with Crippen molar-refractivity contribution in [3.8, 4) is 0 Å². The molecule has 0 aliphatic rings. The van der Waals surface area contributed by atoms with Crippen LogP contribution in [0.4, 0.5) is 0 Å². The van der Waals surface area contributed by atoms with Crippen LogP contribution < -0.4 is 5.32 Å². The molecule has 0 fully saturated rings. The topological polar surface area (TPSA) is 29.1 Å². The molecular weight excluding hydrogens is 254 g/mol. The molecule has 1 amide bonds. The summed E-state index contributed by atoms with van der Waals surface area (Å²) in [6.07, 6.45) is 1.98. The number of nitrogens with one attached hydrogen (secondary N) is 1. The number of benzene rings is 1. The van der Waals surface area contributed by atoms with Crippen LogP contribution in [0.1, 0.15) is 19.8 Å². The summed E-state index contributed by atoms with van der Waals surface area (Å²) >= 11 is 7.56. The van der Waals surface area contributed by atoms with E-state index < -0.39 is 0 Å². The van der Waals surface area contributed by atoms with Crippen molar-refractivity contribution in [1.82, 2.24) is 5.32 Å². The molecule has 17 heavy (non-hydrogen) atoms. The number of carbonyl (C=O) groups excluding carboxylic acids is 1. The summed E-state index contributed by atoms with van der Waals surface area (Å²) in [7, 11) is 0. The Morgan fingerprint density at radius 2 is 2.12 bits per heavy atom. The number of rotatable bonds is 7. The van der Waals surface area contributed by atoms with E-state index >= 15 is 0 Å². The minimum Gasteiger partial charge on any atom is -0.354 e. The van der Waals surface area contributed by atoms with Gasteiger partial charge >= 0.3 is 0 Å². The molecule has 0 aliphatic carbocycles. The standard InChI is InChI=1S/C13H18ClNOS/c1-2-6-11(14)9-15-13(16)10-17-12-7-4-3-5-8-12/h3-5,7-8,11H,2,6,9-10H2,1H3,(H,15,16). The Balaban J connectivity index is 2.17. The van der Waals surface area contributed by atoms with Crippen molar-refractivity contribution in [3.63, 3.8) is 0 Å². The first-order chi connectivity index (χ1) is 8.22. The highest BCUT2D eigenvalue weighted by Crippen LogP contribution is 2.16. The van der Waals surface area contributed by atoms with Crippen LogP contribution >= 0.6 is 23.4 Å². The summed E-state index contributed by atoms with van der Waals surface area (Å²) < 4.78 is 0. The third-order valence-corrected chi connectivity index (χ3v) is 3.62. The van der Waals surface area contributed by atoms with E-state index in [2.05, 4.69) is 12.2 Å². The van der Waals surface area contributed by atoms with E-state index in [-0.39, 0.29) is 11.3 Å². The predicted octanol–water partition coefficient (Wildman–Crippen LogP) is 3.30. The second-order valence-electron chi connectivity index (χ2n) is 3.79. The Kier molecular flexibility index (Phi) is 7.13. The van der Waals surface area contributed by atoms with Crippen LogP contribution in [-0.4, -0.2) is 23.6 Å². The summed E-state index contributed by atoms with van der Waals surface area (Å²) in [5, 5.41) is 2.89. The largest absolute Gasteiger partial charge is 0.354 e. The van der Waals surface area contributed by atoms with E-state index in [0.717, 1.165) is 17.7 Å². The number of amides is 1. The number of carbonyl (C=O) groups is 1. The summed E-state index contributed by atoms with van der Waals surface area (Å²) in [5.41, 5.74) is 0. The van der Waals surface area contributed by atoms with Gasteiger partial charge in [0.15, 0.2) is 0 Å². The molecule has 0 saturated carbocycles. The third-order valence-electron chi connectivity index (χ3n) is 2.24. The van der Waals surface area contributed by atoms with E-state index in [9.17, 15) is 4.79 Å². The van der Waals surface area contributed by atoms with Gasteiger partial charge in [-0.05, 0) is 18.6 Å². The fourth-order valence-corrected chi connectivity index (χ4v) is 2.40. The second kappa shape index (κ2) is 8.43. The molecule has 1 aromatic rings. The van der Waals surface area contributed by atoms with Gasteiger partial charge in [-0.3, -0.25) is 4.79 Å². The quantitative estimate of drug-likeness (QED) is 0.609. The van der Waals surface area contributed by atoms with Crippen LogP contribution in [0.15, 0.2) is 35.2 Å². The van der Waals surface area contributed by atoms with Gasteiger partial charge in [0.25, 0.3) is 0 Å². The zero-order valence-corrected chi connectivity index (χ0v) is 11.6. The van der Waals surface area contributed by atoms with Crippen molar-refractivity contribution in [2.24, 2.45) is 0 Å². The van der Waals surface area contributed by atoms with Crippen molar-refractivity contribution in [1.29, 1.82) is 0 Å². The van der Waals surface area contributed by atoms with Crippen LogP contribution in [0, 0.1) is 0 Å². The maximum absolute atomic E-state index is 11.5. The summed E-state index contributed by atoms with van der Waals surface area (Å²) in [6, 6.07) is 9.90. The van der Waals surface area contributed by atoms with E-state index in [1.165, 1.54) is 11.8 Å². The average molecular weight is 272 g/mol. The Bertz CT molecular complexity index is 331. The Morgan fingerprint density at radius 1 is 1.41 bits per heavy atom. The highest BCUT2D eigenvalue weighted by molar-refractivity contribution is 8.00. The molecule has 1 unspecified atom stereocenters. The molecule has 0 radical (unpaired) electrons. The maximum atomic E-state index is 11.5. The first-order valence-corrected chi connectivity index (χ1v) is 7.23. The molecule has 0 heterocycles. The molecule has 1 N–H and O–H groups in total. The van der Waals surface area contributed by atoms with Crippen molar-refractivity contribution in [2.45, 2.75) is 30.0 Å². The van der Waals surface area contributed by atoms with Crippen LogP contribution in [0.3, 0.4) is 0 Å². The summed E-state index contributed by atoms with van der Waals surface area (Å²) in [5.74, 6) is 0.486. The highest BCUT2D eigenvalue weighted by Gasteiger charge is 2.06. The van der Waals surface area contributed by atoms with Crippen LogP contribution in [0.5, 0.6) is 0 Å². The van der Waals surface area contributed by atoms with Crippen molar-refractivity contribution >= 4 is 29.3 Å². The van der Waals surface area contributed by atoms with Crippen LogP contribution in [-0.2, 0) is 4.79 Å². The zero-order chi connectivity index (χ0) is 12.5. The highest BCUT2D eigenvalue weighted by atomic mass is 35.5. The van der Waals surface area contributed by atoms with Crippen LogP contribution in [0.2, 0.25) is 0 Å². The lowest BCUT2D eigenvalue weighted by atomic mass is 10.2. The van der Waals surface area contributed by atoms with Gasteiger partial charge in [0, 0.05) is 11.4 Å². The first-order valence-electron chi connectivity index (χ1n) is 5.81. The van der Waals surface area contributed by atoms with Gasteiger partial charge in [-0.1, -0.05) is 31.5 Å². The number of hydrogen-bond acceptors (Lipinski definition) is 2. The fourth-order valence-electron chi connectivity index (χ4n) is 1.36. The summed E-state index contributed by atoms with van der Waals surface area (Å²) in [4.78, 5) is 12.6. The van der Waals surface area contributed by atoms with Gasteiger partial charge in [-0.15, -0.1) is 23.4 Å². The minimum absolute atomic E-state index is 0.0422. The number of halogens is 1. The number of hydrogen-bond donors (Lipinski definition) is 1. The van der Waals surface area contributed by atoms with Gasteiger partial charge in [0.1, 0.15) is 0 Å². The normalized spacial score (nSPS) is 12.1. The van der Waals surface area contributed by atoms with E-state index in [1.807, 2.05) is 30.3 Å². The van der Waals surface area contributed by atoms with Gasteiger partial charge in [-0.2, -0.15) is 0 Å². The number of thioether (sulfide) groups is 1. The minimum atomic E-state index is 0.0422. The molecule has 1 atom stereocenters. The lowest BCUT2D eigenvalue weighted by molar-refractivity contribution is -0.118. The van der Waals surface area contributed by atoms with Gasteiger partial charge < -0.3 is 5.32 Å². The molecular formula is C13H18ClNOS. The van der Waals surface area contributed by atoms with Crippen molar-refractivity contribution in [2.75, 3.05) is 12.3 Å². The van der Waals surface area contributed by atoms with E-state index in [0.29, 0.717) is 12.3 Å². The molecule has 4 heteroatoms. The zero-order valence-electron chi connectivity index (χ0n) is 9.99. The first kappa shape index (κ1) is 14.4. The molecule has 0 aromatic heterocycles. The molecule has 0 saturated heterocycles. The fraction of sp³-hybridized carbons (Fsp3) is 0.462. The number of alkyl halides is 1. The molecule has 2 nitrogen and oxygen atoms in total. The van der Waals surface area contributed by atoms with E-state index in [4.69, 9.17) is 11.6 Å². The smallest absolute Gasteiger partial charge is 0.230 e. The Labute approximate surface area is 112 Å². The lowest BCUT2D eigenvalue weighted by Gasteiger charge is -2.09. The maximum Gasteiger partial charge on any atom is 0.230 e. The van der Waals surface area contributed by atoms with E-state index in [1.54, 1.807) is 0 Å². The monoisotopic (exact) mass is 271 g/mol. The Hall–Kier alpha value is -0.670. The van der Waals surface area contributed by atoms with Crippen molar-refractivity contribution < 1.29 is 4.79 Å². The van der Waals surface area contributed by atoms with Gasteiger partial charge in [-0.25, -0.2) is 0 Å². The SMILES string of the molecule is CCCC(Cl)CNC(=O)CSc1ccccc1.